The molecule has 36 heavy (non-hydrogen) atoms. The Labute approximate surface area is 208 Å². The number of halogens is 1. The maximum absolute atomic E-state index is 13.8. The zero-order chi connectivity index (χ0) is 24.5. The summed E-state index contributed by atoms with van der Waals surface area (Å²) in [5.41, 5.74) is 2.56. The summed E-state index contributed by atoms with van der Waals surface area (Å²) in [4.78, 5) is 19.4. The van der Waals surface area contributed by atoms with Gasteiger partial charge in [-0.15, -0.1) is 0 Å². The Morgan fingerprint density at radius 2 is 1.75 bits per heavy atom. The van der Waals surface area contributed by atoms with Crippen molar-refractivity contribution in [3.05, 3.63) is 103 Å². The van der Waals surface area contributed by atoms with Crippen LogP contribution in [0.3, 0.4) is 0 Å². The van der Waals surface area contributed by atoms with E-state index in [2.05, 4.69) is 34.9 Å². The van der Waals surface area contributed by atoms with Crippen LogP contribution < -0.4 is 9.64 Å². The predicted molar refractivity (Wildman–Crippen MR) is 140 cm³/mol. The molecular weight excluding hydrogens is 453 g/mol. The number of hydrogen-bond acceptors (Lipinski definition) is 3. The molecule has 0 aliphatic carbocycles. The lowest BCUT2D eigenvalue weighted by Crippen LogP contribution is -2.24. The summed E-state index contributed by atoms with van der Waals surface area (Å²) in [6.07, 6.45) is 1.15. The van der Waals surface area contributed by atoms with Gasteiger partial charge >= 0.3 is 0 Å². The number of amides is 1. The van der Waals surface area contributed by atoms with Crippen LogP contribution in [0.2, 0.25) is 0 Å². The van der Waals surface area contributed by atoms with Crippen LogP contribution in [0.1, 0.15) is 24.6 Å². The van der Waals surface area contributed by atoms with Crippen LogP contribution in [0, 0.1) is 5.82 Å². The van der Waals surface area contributed by atoms with E-state index in [1.807, 2.05) is 36.4 Å². The fraction of sp³-hybridized carbons (Fsp3) is 0.200. The molecule has 0 spiro atoms. The van der Waals surface area contributed by atoms with Crippen molar-refractivity contribution in [2.24, 2.45) is 0 Å². The van der Waals surface area contributed by atoms with Crippen molar-refractivity contribution in [3.63, 3.8) is 0 Å². The summed E-state index contributed by atoms with van der Waals surface area (Å²) in [5.74, 6) is 1.34. The highest BCUT2D eigenvalue weighted by atomic mass is 19.1. The third-order valence-electron chi connectivity index (χ3n) is 6.81. The van der Waals surface area contributed by atoms with E-state index >= 15 is 0 Å². The third-order valence-corrected chi connectivity index (χ3v) is 6.81. The van der Waals surface area contributed by atoms with E-state index < -0.39 is 0 Å². The van der Waals surface area contributed by atoms with E-state index in [4.69, 9.17) is 9.72 Å². The summed E-state index contributed by atoms with van der Waals surface area (Å²) in [5, 5.41) is 2.35. The zero-order valence-corrected chi connectivity index (χ0v) is 19.8. The second-order valence-corrected chi connectivity index (χ2v) is 9.21. The second-order valence-electron chi connectivity index (χ2n) is 9.21. The Morgan fingerprint density at radius 3 is 2.64 bits per heavy atom. The van der Waals surface area contributed by atoms with Gasteiger partial charge in [0.2, 0.25) is 5.91 Å². The number of nitrogens with zero attached hydrogens (tertiary/aromatic N) is 3. The first kappa shape index (κ1) is 22.3. The molecule has 1 saturated heterocycles. The standard InChI is InChI=1S/C30H26FN3O2/c31-24-9-5-10-25(19-24)34-20-23(18-29(34)35)30-32-27-11-3-4-12-28(27)33(30)15-6-16-36-26-14-13-21-7-1-2-8-22(21)17-26/h1-5,7-14,17,19,23H,6,15-16,18,20H2. The van der Waals surface area contributed by atoms with Gasteiger partial charge in [-0.3, -0.25) is 4.79 Å². The van der Waals surface area contributed by atoms with Gasteiger partial charge < -0.3 is 14.2 Å². The smallest absolute Gasteiger partial charge is 0.227 e. The van der Waals surface area contributed by atoms with E-state index in [0.29, 0.717) is 25.3 Å². The van der Waals surface area contributed by atoms with Gasteiger partial charge in [-0.1, -0.05) is 48.5 Å². The molecule has 6 rings (SSSR count). The van der Waals surface area contributed by atoms with E-state index in [0.717, 1.165) is 41.0 Å². The van der Waals surface area contributed by atoms with Gasteiger partial charge in [-0.25, -0.2) is 9.37 Å². The molecule has 6 heteroatoms. The van der Waals surface area contributed by atoms with Crippen LogP contribution in [0.5, 0.6) is 5.75 Å². The van der Waals surface area contributed by atoms with Gasteiger partial charge in [0, 0.05) is 31.1 Å². The number of hydrogen-bond donors (Lipinski definition) is 0. The molecule has 180 valence electrons. The van der Waals surface area contributed by atoms with Crippen LogP contribution in [-0.4, -0.2) is 28.6 Å². The fourth-order valence-corrected chi connectivity index (χ4v) is 5.08. The Bertz CT molecular complexity index is 1560. The summed E-state index contributed by atoms with van der Waals surface area (Å²) < 4.78 is 22.1. The molecule has 1 aromatic heterocycles. The number of fused-ring (bicyclic) bond motifs is 2. The minimum absolute atomic E-state index is 0.0103. The topological polar surface area (TPSA) is 47.4 Å². The molecule has 1 aliphatic rings. The molecule has 0 N–H and O–H groups in total. The number of aryl methyl sites for hydroxylation is 1. The Balaban J connectivity index is 1.19. The molecule has 0 saturated carbocycles. The maximum atomic E-state index is 13.8. The van der Waals surface area contributed by atoms with Gasteiger partial charge in [-0.05, 0) is 59.7 Å². The average Bonchev–Trinajstić information content (AvgIpc) is 3.47. The zero-order valence-electron chi connectivity index (χ0n) is 19.8. The van der Waals surface area contributed by atoms with Crippen molar-refractivity contribution in [3.8, 4) is 5.75 Å². The van der Waals surface area contributed by atoms with Crippen LogP contribution in [0.15, 0.2) is 91.0 Å². The summed E-state index contributed by atoms with van der Waals surface area (Å²) in [6, 6.07) is 28.7. The molecule has 0 radical (unpaired) electrons. The minimum atomic E-state index is -0.345. The van der Waals surface area contributed by atoms with E-state index in [-0.39, 0.29) is 17.6 Å². The first-order chi connectivity index (χ1) is 17.7. The van der Waals surface area contributed by atoms with Crippen molar-refractivity contribution in [2.75, 3.05) is 18.1 Å². The van der Waals surface area contributed by atoms with Gasteiger partial charge in [-0.2, -0.15) is 0 Å². The molecule has 5 nitrogen and oxygen atoms in total. The van der Waals surface area contributed by atoms with E-state index in [1.54, 1.807) is 17.0 Å². The van der Waals surface area contributed by atoms with Crippen molar-refractivity contribution in [1.82, 2.24) is 9.55 Å². The number of aromatic nitrogens is 2. The lowest BCUT2D eigenvalue weighted by molar-refractivity contribution is -0.117. The van der Waals surface area contributed by atoms with Crippen molar-refractivity contribution < 1.29 is 13.9 Å². The minimum Gasteiger partial charge on any atom is -0.494 e. The molecule has 2 heterocycles. The second kappa shape index (κ2) is 9.46. The van der Waals surface area contributed by atoms with Gasteiger partial charge in [0.05, 0.1) is 17.6 Å². The van der Waals surface area contributed by atoms with Crippen LogP contribution in [0.4, 0.5) is 10.1 Å². The highest BCUT2D eigenvalue weighted by Gasteiger charge is 2.34. The van der Waals surface area contributed by atoms with Crippen molar-refractivity contribution in [2.45, 2.75) is 25.3 Å². The number of carbonyl (C=O) groups excluding carboxylic acids is 1. The highest BCUT2D eigenvalue weighted by Crippen LogP contribution is 2.33. The number of ether oxygens (including phenoxy) is 1. The Hall–Kier alpha value is -4.19. The van der Waals surface area contributed by atoms with Crippen LogP contribution in [0.25, 0.3) is 21.8 Å². The molecule has 4 aromatic carbocycles. The molecule has 1 amide bonds. The average molecular weight is 480 g/mol. The lowest BCUT2D eigenvalue weighted by atomic mass is 10.1. The fourth-order valence-electron chi connectivity index (χ4n) is 5.08. The molecule has 1 atom stereocenters. The number of benzene rings is 4. The van der Waals surface area contributed by atoms with Gasteiger partial charge in [0.25, 0.3) is 0 Å². The van der Waals surface area contributed by atoms with Gasteiger partial charge in [0.1, 0.15) is 17.4 Å². The predicted octanol–water partition coefficient (Wildman–Crippen LogP) is 6.32. The molecule has 0 bridgehead atoms. The monoisotopic (exact) mass is 479 g/mol. The third kappa shape index (κ3) is 4.31. The SMILES string of the molecule is O=C1CC(c2nc3ccccc3n2CCCOc2ccc3ccccc3c2)CN1c1cccc(F)c1. The first-order valence-corrected chi connectivity index (χ1v) is 12.3. The van der Waals surface area contributed by atoms with Crippen LogP contribution in [-0.2, 0) is 11.3 Å². The van der Waals surface area contributed by atoms with Crippen LogP contribution >= 0.6 is 0 Å². The summed E-state index contributed by atoms with van der Waals surface area (Å²) in [6.45, 7) is 1.79. The summed E-state index contributed by atoms with van der Waals surface area (Å²) in [7, 11) is 0. The largest absolute Gasteiger partial charge is 0.494 e. The number of anilines is 1. The molecular formula is C30H26FN3O2. The normalized spacial score (nSPS) is 15.8. The molecule has 5 aromatic rings. The van der Waals surface area contributed by atoms with E-state index in [9.17, 15) is 9.18 Å². The van der Waals surface area contributed by atoms with Crippen molar-refractivity contribution >= 4 is 33.4 Å². The van der Waals surface area contributed by atoms with Gasteiger partial charge in [0.15, 0.2) is 0 Å². The molecule has 1 aliphatic heterocycles. The number of rotatable bonds is 7. The Morgan fingerprint density at radius 1 is 0.917 bits per heavy atom. The maximum Gasteiger partial charge on any atom is 0.227 e. The molecule has 1 fully saturated rings. The highest BCUT2D eigenvalue weighted by molar-refractivity contribution is 5.96. The van der Waals surface area contributed by atoms with E-state index in [1.165, 1.54) is 17.5 Å². The first-order valence-electron chi connectivity index (χ1n) is 12.3. The molecule has 1 unspecified atom stereocenters. The quantitative estimate of drug-likeness (QED) is 0.257. The van der Waals surface area contributed by atoms with Crippen molar-refractivity contribution in [1.29, 1.82) is 0 Å². The number of imidazole rings is 1. The number of carbonyl (C=O) groups is 1. The summed E-state index contributed by atoms with van der Waals surface area (Å²) >= 11 is 0. The Kier molecular flexibility index (Phi) is 5.85. The lowest BCUT2D eigenvalue weighted by Gasteiger charge is -2.17. The number of para-hydroxylation sites is 2.